The molecule has 12 aromatic heterocycles. The van der Waals surface area contributed by atoms with Gasteiger partial charge in [0.1, 0.15) is 29.4 Å². The molecule has 0 unspecified atom stereocenters. The van der Waals surface area contributed by atoms with E-state index in [2.05, 4.69) is 159 Å². The van der Waals surface area contributed by atoms with E-state index in [4.69, 9.17) is 14.2 Å². The highest BCUT2D eigenvalue weighted by Crippen LogP contribution is 2.41. The van der Waals surface area contributed by atoms with Gasteiger partial charge < -0.3 is 88.1 Å². The van der Waals surface area contributed by atoms with Crippen molar-refractivity contribution in [2.24, 2.45) is 7.05 Å². The van der Waals surface area contributed by atoms with Crippen LogP contribution in [0.1, 0.15) is 150 Å². The molecule has 3 saturated heterocycles. The van der Waals surface area contributed by atoms with Gasteiger partial charge in [-0.2, -0.15) is 5.10 Å². The van der Waals surface area contributed by atoms with Crippen molar-refractivity contribution in [1.29, 1.82) is 0 Å². The number of carbonyl (C=O) groups excluding carboxylic acids is 3. The van der Waals surface area contributed by atoms with E-state index in [1.54, 1.807) is 49.8 Å². The Morgan fingerprint density at radius 3 is 1.31 bits per heavy atom. The third-order valence-corrected chi connectivity index (χ3v) is 25.0. The molecule has 0 radical (unpaired) electrons. The summed E-state index contributed by atoms with van der Waals surface area (Å²) < 4.78 is 24.5. The summed E-state index contributed by atoms with van der Waals surface area (Å²) in [5.74, 6) is 2.18. The number of aromatic amines is 3. The number of rotatable bonds is 23. The fourth-order valence-corrected chi connectivity index (χ4v) is 17.9. The minimum atomic E-state index is -0.294. The van der Waals surface area contributed by atoms with Gasteiger partial charge in [-0.1, -0.05) is 45.6 Å². The van der Waals surface area contributed by atoms with Gasteiger partial charge in [-0.15, -0.1) is 0 Å². The second kappa shape index (κ2) is 37.7. The van der Waals surface area contributed by atoms with Crippen LogP contribution in [0.4, 0.5) is 5.82 Å². The van der Waals surface area contributed by atoms with Crippen LogP contribution >= 0.6 is 0 Å². The first-order valence-corrected chi connectivity index (χ1v) is 42.6. The van der Waals surface area contributed by atoms with Gasteiger partial charge in [-0.25, -0.2) is 14.6 Å². The first-order valence-electron chi connectivity index (χ1n) is 42.6. The van der Waals surface area contributed by atoms with Gasteiger partial charge in [0, 0.05) is 177 Å². The number of ether oxygens (including phenoxy) is 3. The highest BCUT2D eigenvalue weighted by atomic mass is 16.5. The number of carbonyl (C=O) groups is 3. The van der Waals surface area contributed by atoms with Crippen LogP contribution in [-0.4, -0.2) is 208 Å². The molecule has 16 rings (SSSR count). The topological polar surface area (TPSA) is 312 Å². The predicted molar refractivity (Wildman–Crippen MR) is 488 cm³/mol. The summed E-state index contributed by atoms with van der Waals surface area (Å²) in [6.07, 6.45) is 14.3. The van der Waals surface area contributed by atoms with Crippen molar-refractivity contribution in [1.82, 2.24) is 93.3 Å². The molecule has 4 aliphatic rings. The van der Waals surface area contributed by atoms with Crippen molar-refractivity contribution in [3.05, 3.63) is 255 Å². The molecular formula is C95H114N20O9. The number of fused-ring (bicyclic) bond motifs is 4. The summed E-state index contributed by atoms with van der Waals surface area (Å²) in [7, 11) is 6.40. The highest BCUT2D eigenvalue weighted by molar-refractivity contribution is 6.02. The molecule has 29 heteroatoms. The summed E-state index contributed by atoms with van der Waals surface area (Å²) in [6.45, 7) is 44.6. The molecule has 3 fully saturated rings. The van der Waals surface area contributed by atoms with Crippen LogP contribution in [0.25, 0.3) is 67.2 Å². The first-order chi connectivity index (χ1) is 59.8. The van der Waals surface area contributed by atoms with Crippen LogP contribution in [0.3, 0.4) is 0 Å². The van der Waals surface area contributed by atoms with Crippen LogP contribution in [0.5, 0.6) is 17.2 Å². The summed E-state index contributed by atoms with van der Waals surface area (Å²) in [6, 6.07) is 23.3. The average molecular weight is 1680 g/mol. The van der Waals surface area contributed by atoms with Gasteiger partial charge in [0.25, 0.3) is 34.4 Å². The third kappa shape index (κ3) is 17.7. The number of nitrogens with zero attached hydrogens (tertiary/aromatic N) is 13. The summed E-state index contributed by atoms with van der Waals surface area (Å²) in [4.78, 5) is 113. The zero-order valence-corrected chi connectivity index (χ0v) is 73.9. The summed E-state index contributed by atoms with van der Waals surface area (Å²) in [5, 5.41) is 16.6. The van der Waals surface area contributed by atoms with E-state index < -0.39 is 0 Å². The number of hydrogen-bond donors (Lipinski definition) is 7. The lowest BCUT2D eigenvalue weighted by molar-refractivity contribution is 0.0941. The van der Waals surface area contributed by atoms with E-state index in [9.17, 15) is 28.8 Å². The number of piperazine rings is 2. The van der Waals surface area contributed by atoms with Crippen LogP contribution in [0.15, 0.2) is 143 Å². The van der Waals surface area contributed by atoms with Gasteiger partial charge in [0.05, 0.1) is 103 Å². The maximum atomic E-state index is 13.9. The average Bonchev–Trinajstić information content (AvgIpc) is 1.57. The fourth-order valence-electron chi connectivity index (χ4n) is 17.9. The molecule has 0 aromatic carbocycles. The maximum Gasteiger partial charge on any atom is 0.256 e. The van der Waals surface area contributed by atoms with Crippen LogP contribution in [0, 0.1) is 48.5 Å². The zero-order valence-electron chi connectivity index (χ0n) is 73.9. The first kappa shape index (κ1) is 87.2. The standard InChI is InChI=1S/C34H40N6O3.C32H38N6O3.C29H36N8O3/c1-6-39-14-9-23(10-15-39)21(3)31-22(4)27(33(41)37-19-28-30(43-5)17-20(2)38-34(28)42)18-29-25(11-16-40(29)31)24-7-12-35-32-26(24)8-13-36-32;1-7-36-13-15-37(16-14-36)23(5)30-21(3)26(31(39)34-19-27-29(41-6)17-20(2)35-32(27)40)18-28-25(10-12-38(28)30)24-9-8-11-33-22(24)4;1-7-35-10-12-36(13-11-35)20(4)26-19(3)22(15-24-21(8-9-37(24)26)27-31-17-32-34(27)5)28(38)30-16-23-25(40-6)14-18(2)33-29(23)39/h7,11-12,16-18H,6,8-10,13-15,19H2,1-5H3,(H,35,36)(H,37,41)(H,38,42);8-12,17-18H,5,7,13-16,19H2,1-4,6H3,(H,34,39)(H,35,40);8-9,14-15,17H,4,7,10-13,16H2,1-3,5-6H3,(H,30,38)(H,33,39). The fraction of sp³-hybridized carbons (Fsp3) is 0.368. The number of allylic oxidation sites excluding steroid dienone is 1. The number of aryl methyl sites for hydroxylation is 5. The molecule has 0 bridgehead atoms. The summed E-state index contributed by atoms with van der Waals surface area (Å²) in [5.41, 5.74) is 23.7. The number of methoxy groups -OCH3 is 3. The van der Waals surface area contributed by atoms with Gasteiger partial charge in [-0.3, -0.25) is 33.8 Å². The Morgan fingerprint density at radius 2 is 0.887 bits per heavy atom. The van der Waals surface area contributed by atoms with Crippen molar-refractivity contribution >= 4 is 57.1 Å². The molecule has 29 nitrogen and oxygen atoms in total. The van der Waals surface area contributed by atoms with E-state index in [-0.39, 0.29) is 54.0 Å². The van der Waals surface area contributed by atoms with Gasteiger partial charge >= 0.3 is 0 Å². The maximum absolute atomic E-state index is 13.9. The molecule has 16 heterocycles. The molecule has 648 valence electrons. The molecule has 0 saturated carbocycles. The monoisotopic (exact) mass is 1680 g/mol. The minimum Gasteiger partial charge on any atom is -0.496 e. The highest BCUT2D eigenvalue weighted by Gasteiger charge is 2.31. The van der Waals surface area contributed by atoms with Gasteiger partial charge in [0.2, 0.25) is 0 Å². The zero-order chi connectivity index (χ0) is 88.1. The lowest BCUT2D eigenvalue weighted by Crippen LogP contribution is -2.45. The Hall–Kier alpha value is -13.1. The second-order valence-electron chi connectivity index (χ2n) is 32.2. The SMILES string of the molecule is C=C(c1c(C)c(C(=O)NCc2c(OC)cc(C)[nH]c2=O)cc2c(-c3cccnc3C)ccn12)N1CCN(CC)CC1.C=C(c1c(C)c(C(=O)NCc2c(OC)cc(C)[nH]c2=O)cc2c(-c3ncnn3C)ccn12)N1CCN(CC)CC1.CCN1CCC(=C(C)c2c(C)c(C(=O)NCc3c(OC)cc(C)[nH]c3=O)cc3c(-c4ccnc5c4CCN5)ccn23)CC1. The van der Waals surface area contributed by atoms with E-state index in [0.717, 1.165) is 212 Å². The Labute approximate surface area is 721 Å². The smallest absolute Gasteiger partial charge is 0.256 e. The molecule has 0 aliphatic carbocycles. The predicted octanol–water partition coefficient (Wildman–Crippen LogP) is 11.9. The van der Waals surface area contributed by atoms with Crippen LogP contribution in [0.2, 0.25) is 0 Å². The molecule has 4 aliphatic heterocycles. The number of H-pyrrole nitrogens is 3. The quantitative estimate of drug-likeness (QED) is 0.0313. The molecule has 7 N–H and O–H groups in total. The van der Waals surface area contributed by atoms with Crippen molar-refractivity contribution in [3.8, 4) is 50.9 Å². The molecular weight excluding hydrogens is 1570 g/mol. The molecule has 12 aromatic rings. The molecule has 3 amide bonds. The van der Waals surface area contributed by atoms with Gasteiger partial charge in [0.15, 0.2) is 5.82 Å². The van der Waals surface area contributed by atoms with E-state index in [1.165, 1.54) is 44.4 Å². The Kier molecular flexibility index (Phi) is 26.5. The van der Waals surface area contributed by atoms with Crippen molar-refractivity contribution in [3.63, 3.8) is 0 Å². The van der Waals surface area contributed by atoms with Gasteiger partial charge in [-0.05, 0) is 189 Å². The number of piperidine rings is 1. The lowest BCUT2D eigenvalue weighted by atomic mass is 9.92. The third-order valence-electron chi connectivity index (χ3n) is 25.0. The second-order valence-corrected chi connectivity index (χ2v) is 32.2. The number of hydrogen-bond acceptors (Lipinski definition) is 19. The van der Waals surface area contributed by atoms with E-state index in [1.807, 2.05) is 89.7 Å². The summed E-state index contributed by atoms with van der Waals surface area (Å²) >= 11 is 0. The Bertz CT molecular complexity index is 6320. The van der Waals surface area contributed by atoms with Crippen molar-refractivity contribution in [2.45, 2.75) is 115 Å². The number of pyridine rings is 8. The molecule has 0 atom stereocenters. The Morgan fingerprint density at radius 1 is 0.476 bits per heavy atom. The lowest BCUT2D eigenvalue weighted by Gasteiger charge is -2.37. The van der Waals surface area contributed by atoms with Crippen LogP contribution in [-0.2, 0) is 33.1 Å². The van der Waals surface area contributed by atoms with Crippen LogP contribution < -0.4 is 52.2 Å². The van der Waals surface area contributed by atoms with E-state index in [0.29, 0.717) is 73.5 Å². The number of amides is 3. The van der Waals surface area contributed by atoms with Crippen molar-refractivity contribution < 1.29 is 28.6 Å². The normalized spacial score (nSPS) is 14.3. The molecule has 124 heavy (non-hydrogen) atoms. The number of likely N-dealkylation sites (N-methyl/N-ethyl adjacent to an activating group) is 2. The number of nitrogens with one attached hydrogen (secondary N) is 7. The largest absolute Gasteiger partial charge is 0.496 e. The molecule has 0 spiro atoms. The number of anilines is 1. The number of aromatic nitrogens is 11. The van der Waals surface area contributed by atoms with Crippen molar-refractivity contribution in [2.75, 3.05) is 118 Å². The minimum absolute atomic E-state index is 0.0225. The Balaban J connectivity index is 0.000000151. The number of likely N-dealkylation sites (tertiary alicyclic amines) is 1. The van der Waals surface area contributed by atoms with E-state index >= 15 is 0 Å².